The molecule has 1 fully saturated rings. The van der Waals surface area contributed by atoms with Crippen LogP contribution in [0.1, 0.15) is 30.4 Å². The van der Waals surface area contributed by atoms with Crippen LogP contribution in [0.5, 0.6) is 5.75 Å². The second-order valence-electron chi connectivity index (χ2n) is 9.90. The summed E-state index contributed by atoms with van der Waals surface area (Å²) in [6.45, 7) is 0. The topological polar surface area (TPSA) is 228 Å². The summed E-state index contributed by atoms with van der Waals surface area (Å²) < 4.78 is 0. The van der Waals surface area contributed by atoms with Gasteiger partial charge in [0.1, 0.15) is 22.8 Å². The van der Waals surface area contributed by atoms with E-state index in [0.717, 1.165) is 0 Å². The first-order valence-corrected chi connectivity index (χ1v) is 11.7. The largest absolute Gasteiger partial charge is 0.508 e. The highest BCUT2D eigenvalue weighted by atomic mass is 16.4. The standard InChI is InChI=1S/C25H27N3O10/c1-28(2)18-11-8-10-7-9-3-4-12(27-13(29)5-6-14(30)31)19(32)15(9)20(33)16(10)22(35)25(11,38)23(36)17(21(18)34)24(26)37/h3-4,10-11,18,32-33,36,38H,5-8H2,1-2H3,(H2,26,37)(H,27,29)(H,30,31)/t10-,11-,18+,25-/m0/s1. The maximum absolute atomic E-state index is 13.8. The molecule has 8 N–H and O–H groups in total. The lowest BCUT2D eigenvalue weighted by Gasteiger charge is -2.50. The van der Waals surface area contributed by atoms with Crippen LogP contribution in [0.25, 0.3) is 5.76 Å². The number of fused-ring (bicyclic) bond motifs is 3. The number of nitrogens with one attached hydrogen (secondary N) is 1. The van der Waals surface area contributed by atoms with Gasteiger partial charge in [0.05, 0.1) is 23.7 Å². The van der Waals surface area contributed by atoms with Crippen molar-refractivity contribution in [2.24, 2.45) is 17.6 Å². The number of hydrogen-bond acceptors (Lipinski definition) is 10. The van der Waals surface area contributed by atoms with E-state index in [1.165, 1.54) is 31.1 Å². The minimum atomic E-state index is -2.75. The fraction of sp³-hybridized carbons (Fsp3) is 0.400. The smallest absolute Gasteiger partial charge is 0.303 e. The summed E-state index contributed by atoms with van der Waals surface area (Å²) in [5.41, 5.74) is 1.42. The fourth-order valence-corrected chi connectivity index (χ4v) is 5.75. The fourth-order valence-electron chi connectivity index (χ4n) is 5.75. The molecular weight excluding hydrogens is 502 g/mol. The van der Waals surface area contributed by atoms with Crippen molar-refractivity contribution in [2.45, 2.75) is 37.3 Å². The monoisotopic (exact) mass is 529 g/mol. The number of benzene rings is 1. The van der Waals surface area contributed by atoms with Gasteiger partial charge >= 0.3 is 5.97 Å². The molecule has 13 nitrogen and oxygen atoms in total. The molecule has 4 rings (SSSR count). The molecule has 1 aromatic carbocycles. The molecule has 0 saturated heterocycles. The third-order valence-corrected chi connectivity index (χ3v) is 7.43. The molecular formula is C25H27N3O10. The Labute approximate surface area is 215 Å². The van der Waals surface area contributed by atoms with Gasteiger partial charge in [0.25, 0.3) is 5.91 Å². The third kappa shape index (κ3) is 3.90. The van der Waals surface area contributed by atoms with E-state index in [2.05, 4.69) is 5.32 Å². The van der Waals surface area contributed by atoms with E-state index in [-0.39, 0.29) is 36.1 Å². The van der Waals surface area contributed by atoms with Gasteiger partial charge in [0.15, 0.2) is 11.4 Å². The van der Waals surface area contributed by atoms with Gasteiger partial charge < -0.3 is 36.6 Å². The summed E-state index contributed by atoms with van der Waals surface area (Å²) in [4.78, 5) is 63.0. The van der Waals surface area contributed by atoms with Crippen LogP contribution in [0.15, 0.2) is 29.0 Å². The van der Waals surface area contributed by atoms with Crippen LogP contribution in [-0.2, 0) is 30.4 Å². The van der Waals surface area contributed by atoms with Gasteiger partial charge in [0, 0.05) is 17.9 Å². The highest BCUT2D eigenvalue weighted by molar-refractivity contribution is 6.24. The zero-order valence-corrected chi connectivity index (χ0v) is 20.5. The predicted octanol–water partition coefficient (Wildman–Crippen LogP) is -0.233. The normalized spacial score (nSPS) is 26.6. The predicted molar refractivity (Wildman–Crippen MR) is 130 cm³/mol. The molecule has 3 aliphatic carbocycles. The van der Waals surface area contributed by atoms with Crippen molar-refractivity contribution in [1.82, 2.24) is 4.90 Å². The average Bonchev–Trinajstić information content (AvgIpc) is 2.81. The summed E-state index contributed by atoms with van der Waals surface area (Å²) in [5, 5.41) is 55.5. The summed E-state index contributed by atoms with van der Waals surface area (Å²) in [5.74, 6) is -9.55. The van der Waals surface area contributed by atoms with Gasteiger partial charge in [-0.15, -0.1) is 0 Å². The number of aliphatic hydroxyl groups is 3. The molecule has 0 radical (unpaired) electrons. The lowest BCUT2D eigenvalue weighted by molar-refractivity contribution is -0.153. The number of carboxylic acids is 1. The number of primary amides is 1. The Hall–Kier alpha value is -4.23. The Bertz CT molecular complexity index is 1360. The molecule has 0 aliphatic heterocycles. The SMILES string of the molecule is CN(C)[C@H]1C(=O)C(C(N)=O)=C(O)[C@@]2(O)C(=O)C3=C(O)c4c(ccc(NC(=O)CCC(=O)O)c4O)C[C@H]3C[C@@H]12. The van der Waals surface area contributed by atoms with Gasteiger partial charge in [-0.05, 0) is 44.5 Å². The van der Waals surface area contributed by atoms with Crippen LogP contribution in [0.3, 0.4) is 0 Å². The number of aromatic hydroxyl groups is 1. The number of aliphatic hydroxyl groups excluding tert-OH is 2. The highest BCUT2D eigenvalue weighted by Gasteiger charge is 2.64. The molecule has 38 heavy (non-hydrogen) atoms. The molecule has 4 atom stereocenters. The Morgan fingerprint density at radius 2 is 1.79 bits per heavy atom. The van der Waals surface area contributed by atoms with Gasteiger partial charge in [-0.2, -0.15) is 0 Å². The second-order valence-corrected chi connectivity index (χ2v) is 9.90. The number of nitrogens with zero attached hydrogens (tertiary/aromatic N) is 1. The minimum absolute atomic E-state index is 0.0415. The molecule has 1 saturated carbocycles. The quantitative estimate of drug-likeness (QED) is 0.188. The molecule has 202 valence electrons. The Kier molecular flexibility index (Phi) is 6.54. The Morgan fingerprint density at radius 1 is 1.13 bits per heavy atom. The minimum Gasteiger partial charge on any atom is -0.508 e. The van der Waals surface area contributed by atoms with Gasteiger partial charge in [0.2, 0.25) is 11.7 Å². The van der Waals surface area contributed by atoms with Gasteiger partial charge in [-0.3, -0.25) is 28.9 Å². The van der Waals surface area contributed by atoms with Crippen molar-refractivity contribution in [3.05, 3.63) is 40.2 Å². The first-order chi connectivity index (χ1) is 17.7. The Balaban J connectivity index is 1.82. The lowest BCUT2D eigenvalue weighted by Crippen LogP contribution is -2.65. The molecule has 0 spiro atoms. The maximum Gasteiger partial charge on any atom is 0.303 e. The molecule has 3 aliphatic rings. The first-order valence-electron chi connectivity index (χ1n) is 11.7. The highest BCUT2D eigenvalue weighted by Crippen LogP contribution is 2.53. The molecule has 0 bridgehead atoms. The molecule has 13 heteroatoms. The van der Waals surface area contributed by atoms with Crippen molar-refractivity contribution >= 4 is 40.8 Å². The third-order valence-electron chi connectivity index (χ3n) is 7.43. The van der Waals surface area contributed by atoms with E-state index >= 15 is 0 Å². The number of aliphatic carboxylic acids is 1. The number of rotatable bonds is 6. The zero-order chi connectivity index (χ0) is 28.3. The molecule has 0 aromatic heterocycles. The number of phenols is 1. The van der Waals surface area contributed by atoms with E-state index in [0.29, 0.717) is 5.56 Å². The molecule has 1 aromatic rings. The van der Waals surface area contributed by atoms with E-state index in [1.807, 2.05) is 0 Å². The van der Waals surface area contributed by atoms with Crippen LogP contribution in [0.4, 0.5) is 5.69 Å². The van der Waals surface area contributed by atoms with Crippen molar-refractivity contribution in [2.75, 3.05) is 19.4 Å². The number of ketones is 2. The number of carboxylic acid groups (broad SMARTS) is 1. The maximum atomic E-state index is 13.8. The van der Waals surface area contributed by atoms with Crippen molar-refractivity contribution in [3.63, 3.8) is 0 Å². The number of nitrogens with two attached hydrogens (primary N) is 1. The van der Waals surface area contributed by atoms with Crippen molar-refractivity contribution < 1.29 is 49.5 Å². The number of amides is 2. The first kappa shape index (κ1) is 26.8. The average molecular weight is 530 g/mol. The number of anilines is 1. The van der Waals surface area contributed by atoms with Gasteiger partial charge in [-0.1, -0.05) is 6.07 Å². The van der Waals surface area contributed by atoms with Crippen LogP contribution in [-0.4, -0.2) is 85.5 Å². The van der Waals surface area contributed by atoms with Crippen LogP contribution < -0.4 is 11.1 Å². The molecule has 0 heterocycles. The number of carbonyl (C=O) groups is 5. The van der Waals surface area contributed by atoms with Crippen molar-refractivity contribution in [3.8, 4) is 5.75 Å². The van der Waals surface area contributed by atoms with E-state index in [9.17, 15) is 44.4 Å². The molecule has 2 amide bonds. The van der Waals surface area contributed by atoms with E-state index < -0.39 is 82.1 Å². The van der Waals surface area contributed by atoms with Crippen molar-refractivity contribution in [1.29, 1.82) is 0 Å². The number of carbonyl (C=O) groups excluding carboxylic acids is 4. The van der Waals surface area contributed by atoms with Crippen LogP contribution >= 0.6 is 0 Å². The summed E-state index contributed by atoms with van der Waals surface area (Å²) >= 11 is 0. The summed E-state index contributed by atoms with van der Waals surface area (Å²) in [6.07, 6.45) is -0.744. The Morgan fingerprint density at radius 3 is 2.37 bits per heavy atom. The van der Waals surface area contributed by atoms with E-state index in [4.69, 9.17) is 10.8 Å². The van der Waals surface area contributed by atoms with Gasteiger partial charge in [-0.25, -0.2) is 0 Å². The summed E-state index contributed by atoms with van der Waals surface area (Å²) in [6, 6.07) is 1.70. The number of phenolic OH excluding ortho intramolecular Hbond substituents is 1. The van der Waals surface area contributed by atoms with Crippen LogP contribution in [0.2, 0.25) is 0 Å². The number of likely N-dealkylation sites (N-methyl/N-ethyl adjacent to an activating group) is 1. The van der Waals surface area contributed by atoms with Crippen LogP contribution in [0, 0.1) is 11.8 Å². The lowest BCUT2D eigenvalue weighted by atomic mass is 9.57. The number of hydrogen-bond donors (Lipinski definition) is 7. The zero-order valence-electron chi connectivity index (χ0n) is 20.5. The number of Topliss-reactive ketones (excluding diaryl/α,β-unsaturated/α-hetero) is 2. The second kappa shape index (κ2) is 9.26. The summed E-state index contributed by atoms with van der Waals surface area (Å²) in [7, 11) is 3.02. The van der Waals surface area contributed by atoms with E-state index in [1.54, 1.807) is 0 Å². The molecule has 0 unspecified atom stereocenters.